The topological polar surface area (TPSA) is 89.3 Å². The Hall–Kier alpha value is -0.690. The molecule has 0 unspecified atom stereocenters. The second-order valence-corrected chi connectivity index (χ2v) is 6.29. The number of carbonyl (C=O) groups excluding carboxylic acids is 1. The molecule has 15 heavy (non-hydrogen) atoms. The molecule has 5 nitrogen and oxygen atoms in total. The van der Waals surface area contributed by atoms with Crippen molar-refractivity contribution in [3.63, 3.8) is 0 Å². The van der Waals surface area contributed by atoms with Crippen LogP contribution < -0.4 is 11.1 Å². The second-order valence-electron chi connectivity index (χ2n) is 3.70. The minimum Gasteiger partial charge on any atom is -0.392 e. The molecule has 0 rings (SSSR count). The maximum absolute atomic E-state index is 11.3. The molecule has 0 aliphatic carbocycles. The highest BCUT2D eigenvalue weighted by molar-refractivity contribution is 7.94. The van der Waals surface area contributed by atoms with Gasteiger partial charge < -0.3 is 11.1 Å². The quantitative estimate of drug-likeness (QED) is 0.620. The predicted molar refractivity (Wildman–Crippen MR) is 63.3 cm³/mol. The summed E-state index contributed by atoms with van der Waals surface area (Å²) in [5, 5.41) is 2.51. The largest absolute Gasteiger partial charge is 0.392 e. The number of carbonyl (C=O) groups is 1. The Balaban J connectivity index is 4.11. The highest BCUT2D eigenvalue weighted by Gasteiger charge is 2.17. The third kappa shape index (κ3) is 8.31. The maximum atomic E-state index is 11.3. The molecule has 1 amide bonds. The van der Waals surface area contributed by atoms with Crippen LogP contribution in [0.1, 0.15) is 13.8 Å². The van der Waals surface area contributed by atoms with Crippen LogP contribution in [0.4, 0.5) is 0 Å². The molecule has 0 aromatic rings. The fraction of sp³-hybridized carbons (Fsp3) is 0.750. The Morgan fingerprint density at radius 3 is 2.33 bits per heavy atom. The molecule has 0 radical (unpaired) electrons. The van der Waals surface area contributed by atoms with Crippen molar-refractivity contribution in [1.82, 2.24) is 5.32 Å². The smallest absolute Gasteiger partial charge is 0.235 e. The first-order valence-corrected chi connectivity index (χ1v) is 6.71. The van der Waals surface area contributed by atoms with Crippen LogP contribution in [0.25, 0.3) is 0 Å². The molecule has 0 heterocycles. The summed E-state index contributed by atoms with van der Waals surface area (Å²) in [4.78, 5) is 11.1. The standard InChI is InChI=1S/C8H16N2O3S2/c1-6(2)3-10-8(11)5-15(12,13)4-7(9)14/h6H,3-5H2,1-2H3,(H2,9,14)(H,10,11). The molecule has 0 bridgehead atoms. The molecule has 0 saturated carbocycles. The van der Waals surface area contributed by atoms with Crippen LogP contribution >= 0.6 is 12.2 Å². The van der Waals surface area contributed by atoms with E-state index in [2.05, 4.69) is 17.5 Å². The molecular weight excluding hydrogens is 236 g/mol. The van der Waals surface area contributed by atoms with Crippen molar-refractivity contribution >= 4 is 33.0 Å². The van der Waals surface area contributed by atoms with Gasteiger partial charge in [0.2, 0.25) is 5.91 Å². The van der Waals surface area contributed by atoms with Crippen molar-refractivity contribution in [3.8, 4) is 0 Å². The van der Waals surface area contributed by atoms with Crippen molar-refractivity contribution in [1.29, 1.82) is 0 Å². The summed E-state index contributed by atoms with van der Waals surface area (Å²) < 4.78 is 22.5. The summed E-state index contributed by atoms with van der Waals surface area (Å²) in [6.07, 6.45) is 0. The van der Waals surface area contributed by atoms with E-state index in [0.29, 0.717) is 6.54 Å². The highest BCUT2D eigenvalue weighted by atomic mass is 32.2. The lowest BCUT2D eigenvalue weighted by molar-refractivity contribution is -0.118. The molecule has 88 valence electrons. The monoisotopic (exact) mass is 252 g/mol. The molecule has 0 aliphatic heterocycles. The maximum Gasteiger partial charge on any atom is 0.235 e. The fourth-order valence-corrected chi connectivity index (χ4v) is 2.41. The van der Waals surface area contributed by atoms with E-state index in [0.717, 1.165) is 0 Å². The van der Waals surface area contributed by atoms with E-state index in [4.69, 9.17) is 5.73 Å². The van der Waals surface area contributed by atoms with E-state index >= 15 is 0 Å². The summed E-state index contributed by atoms with van der Waals surface area (Å²) in [5.74, 6) is -1.21. The summed E-state index contributed by atoms with van der Waals surface area (Å²) in [6.45, 7) is 4.30. The summed E-state index contributed by atoms with van der Waals surface area (Å²) in [7, 11) is -3.51. The summed E-state index contributed by atoms with van der Waals surface area (Å²) >= 11 is 4.47. The number of sulfone groups is 1. The molecule has 7 heteroatoms. The van der Waals surface area contributed by atoms with Gasteiger partial charge in [0.15, 0.2) is 9.84 Å². The zero-order chi connectivity index (χ0) is 12.1. The zero-order valence-electron chi connectivity index (χ0n) is 8.82. The van der Waals surface area contributed by atoms with Crippen LogP contribution in [0.15, 0.2) is 0 Å². The number of amides is 1. The van der Waals surface area contributed by atoms with Crippen LogP contribution in [0.3, 0.4) is 0 Å². The Morgan fingerprint density at radius 1 is 1.40 bits per heavy atom. The first kappa shape index (κ1) is 14.3. The average molecular weight is 252 g/mol. The number of thiocarbonyl (C=S) groups is 1. The van der Waals surface area contributed by atoms with Gasteiger partial charge in [-0.05, 0) is 5.92 Å². The van der Waals surface area contributed by atoms with Crippen molar-refractivity contribution in [2.75, 3.05) is 18.1 Å². The number of hydrogen-bond donors (Lipinski definition) is 2. The van der Waals surface area contributed by atoms with Gasteiger partial charge in [-0.3, -0.25) is 4.79 Å². The minimum atomic E-state index is -3.51. The Morgan fingerprint density at radius 2 is 1.93 bits per heavy atom. The lowest BCUT2D eigenvalue weighted by Crippen LogP contribution is -2.35. The van der Waals surface area contributed by atoms with Crippen LogP contribution in [-0.4, -0.2) is 37.4 Å². The van der Waals surface area contributed by atoms with Crippen LogP contribution in [0.2, 0.25) is 0 Å². The zero-order valence-corrected chi connectivity index (χ0v) is 10.5. The highest BCUT2D eigenvalue weighted by Crippen LogP contribution is 1.92. The normalized spacial score (nSPS) is 11.4. The lowest BCUT2D eigenvalue weighted by atomic mass is 10.2. The van der Waals surface area contributed by atoms with Crippen LogP contribution in [0, 0.1) is 5.92 Å². The fourth-order valence-electron chi connectivity index (χ4n) is 0.837. The van der Waals surface area contributed by atoms with E-state index in [9.17, 15) is 13.2 Å². The van der Waals surface area contributed by atoms with Gasteiger partial charge >= 0.3 is 0 Å². The van der Waals surface area contributed by atoms with Gasteiger partial charge in [-0.1, -0.05) is 26.1 Å². The van der Waals surface area contributed by atoms with Gasteiger partial charge in [-0.25, -0.2) is 8.42 Å². The SMILES string of the molecule is CC(C)CNC(=O)CS(=O)(=O)CC(N)=S. The van der Waals surface area contributed by atoms with Crippen LogP contribution in [0.5, 0.6) is 0 Å². The third-order valence-corrected chi connectivity index (χ3v) is 3.20. The Kier molecular flexibility index (Phi) is 5.74. The predicted octanol–water partition coefficient (Wildman–Crippen LogP) is -0.540. The van der Waals surface area contributed by atoms with Crippen molar-refractivity contribution in [3.05, 3.63) is 0 Å². The Bertz CT molecular complexity index is 336. The van der Waals surface area contributed by atoms with Crippen molar-refractivity contribution in [2.45, 2.75) is 13.8 Å². The minimum absolute atomic E-state index is 0.119. The molecule has 0 saturated heterocycles. The first-order valence-electron chi connectivity index (χ1n) is 4.48. The van der Waals surface area contributed by atoms with Gasteiger partial charge in [0, 0.05) is 6.54 Å². The number of rotatable bonds is 6. The third-order valence-electron chi connectivity index (χ3n) is 1.42. The Labute approximate surface area is 95.3 Å². The summed E-state index contributed by atoms with van der Waals surface area (Å²) in [6, 6.07) is 0. The van der Waals surface area contributed by atoms with E-state index < -0.39 is 27.3 Å². The van der Waals surface area contributed by atoms with Crippen molar-refractivity contribution in [2.24, 2.45) is 11.7 Å². The van der Waals surface area contributed by atoms with Crippen molar-refractivity contribution < 1.29 is 13.2 Å². The van der Waals surface area contributed by atoms with Crippen LogP contribution in [-0.2, 0) is 14.6 Å². The van der Waals surface area contributed by atoms with E-state index in [1.165, 1.54) is 0 Å². The molecule has 3 N–H and O–H groups in total. The van der Waals surface area contributed by atoms with E-state index in [-0.39, 0.29) is 10.9 Å². The van der Waals surface area contributed by atoms with Gasteiger partial charge in [0.05, 0.1) is 4.99 Å². The second kappa shape index (κ2) is 6.02. The molecule has 0 aliphatic rings. The number of nitrogens with two attached hydrogens (primary N) is 1. The molecule has 0 fully saturated rings. The molecule has 0 aromatic heterocycles. The van der Waals surface area contributed by atoms with E-state index in [1.54, 1.807) is 0 Å². The molecule has 0 spiro atoms. The first-order chi connectivity index (χ1) is 6.73. The average Bonchev–Trinajstić information content (AvgIpc) is 1.96. The summed E-state index contributed by atoms with van der Waals surface area (Å²) in [5.41, 5.74) is 5.10. The van der Waals surface area contributed by atoms with Gasteiger partial charge in [-0.15, -0.1) is 0 Å². The number of nitrogens with one attached hydrogen (secondary N) is 1. The van der Waals surface area contributed by atoms with Gasteiger partial charge in [0.25, 0.3) is 0 Å². The molecule has 0 aromatic carbocycles. The van der Waals surface area contributed by atoms with E-state index in [1.807, 2.05) is 13.8 Å². The molecule has 0 atom stereocenters. The van der Waals surface area contributed by atoms with Gasteiger partial charge in [-0.2, -0.15) is 0 Å². The van der Waals surface area contributed by atoms with Gasteiger partial charge in [0.1, 0.15) is 11.5 Å². The number of hydrogen-bond acceptors (Lipinski definition) is 4. The lowest BCUT2D eigenvalue weighted by Gasteiger charge is -2.07. The molecular formula is C8H16N2O3S2.